The highest BCUT2D eigenvalue weighted by Gasteiger charge is 2.14. The first-order valence-electron chi connectivity index (χ1n) is 5.74. The van der Waals surface area contributed by atoms with Crippen molar-refractivity contribution in [3.63, 3.8) is 0 Å². The summed E-state index contributed by atoms with van der Waals surface area (Å²) in [5.41, 5.74) is 1.49. The van der Waals surface area contributed by atoms with E-state index in [1.807, 2.05) is 0 Å². The van der Waals surface area contributed by atoms with Gasteiger partial charge in [0, 0.05) is 5.92 Å². The normalized spacial score (nSPS) is 29.0. The smallest absolute Gasteiger partial charge is 0.00526 e. The maximum atomic E-state index is 2.41. The summed E-state index contributed by atoms with van der Waals surface area (Å²) in [5.74, 6) is 1.23. The molecule has 0 spiro atoms. The Hall–Kier alpha value is -1.30. The summed E-state index contributed by atoms with van der Waals surface area (Å²) in [6.07, 6.45) is 22.5. The summed E-state index contributed by atoms with van der Waals surface area (Å²) in [4.78, 5) is 0. The van der Waals surface area contributed by atoms with Gasteiger partial charge in [0.05, 0.1) is 0 Å². The summed E-state index contributed by atoms with van der Waals surface area (Å²) in [5, 5.41) is 0. The fourth-order valence-corrected chi connectivity index (χ4v) is 2.11. The Balaban J connectivity index is 1.97. The van der Waals surface area contributed by atoms with Crippen LogP contribution in [0.1, 0.15) is 19.8 Å². The average molecular weight is 198 g/mol. The molecule has 0 saturated carbocycles. The van der Waals surface area contributed by atoms with Crippen LogP contribution in [0.4, 0.5) is 0 Å². The second kappa shape index (κ2) is 4.97. The number of hydrogen-bond acceptors (Lipinski definition) is 0. The molecule has 0 aromatic heterocycles. The van der Waals surface area contributed by atoms with Gasteiger partial charge in [0.1, 0.15) is 0 Å². The van der Waals surface area contributed by atoms with E-state index >= 15 is 0 Å². The van der Waals surface area contributed by atoms with Crippen LogP contribution in [-0.4, -0.2) is 0 Å². The summed E-state index contributed by atoms with van der Waals surface area (Å²) < 4.78 is 0. The third-order valence-corrected chi connectivity index (χ3v) is 3.00. The molecule has 0 aromatic rings. The lowest BCUT2D eigenvalue weighted by Crippen LogP contribution is -1.99. The Morgan fingerprint density at radius 2 is 2.27 bits per heavy atom. The quantitative estimate of drug-likeness (QED) is 0.596. The van der Waals surface area contributed by atoms with Gasteiger partial charge < -0.3 is 0 Å². The summed E-state index contributed by atoms with van der Waals surface area (Å²) in [7, 11) is 0. The molecular weight excluding hydrogens is 180 g/mol. The largest absolute Gasteiger partial charge is 0.0916 e. The molecule has 0 heteroatoms. The lowest BCUT2D eigenvalue weighted by atomic mass is 9.92. The Bertz CT molecular complexity index is 350. The summed E-state index contributed by atoms with van der Waals surface area (Å²) in [6, 6.07) is 0. The molecule has 2 aliphatic carbocycles. The highest BCUT2D eigenvalue weighted by atomic mass is 14.2. The van der Waals surface area contributed by atoms with Gasteiger partial charge in [0.15, 0.2) is 0 Å². The van der Waals surface area contributed by atoms with Crippen LogP contribution in [0.3, 0.4) is 0 Å². The van der Waals surface area contributed by atoms with Gasteiger partial charge in [0.25, 0.3) is 0 Å². The Morgan fingerprint density at radius 3 is 3.00 bits per heavy atom. The van der Waals surface area contributed by atoms with Crippen LogP contribution in [0.2, 0.25) is 0 Å². The molecule has 78 valence electrons. The van der Waals surface area contributed by atoms with Gasteiger partial charge in [-0.1, -0.05) is 54.7 Å². The molecule has 0 N–H and O–H groups in total. The van der Waals surface area contributed by atoms with Gasteiger partial charge >= 0.3 is 0 Å². The molecule has 2 unspecified atom stereocenters. The van der Waals surface area contributed by atoms with Crippen LogP contribution in [0.5, 0.6) is 0 Å². The first kappa shape index (κ1) is 10.2. The van der Waals surface area contributed by atoms with E-state index in [0.717, 1.165) is 12.8 Å². The molecule has 0 nitrogen and oxygen atoms in total. The van der Waals surface area contributed by atoms with E-state index in [0.29, 0.717) is 11.8 Å². The predicted molar refractivity (Wildman–Crippen MR) is 66.5 cm³/mol. The molecule has 0 bridgehead atoms. The molecule has 0 fully saturated rings. The third-order valence-electron chi connectivity index (χ3n) is 3.00. The van der Waals surface area contributed by atoms with Gasteiger partial charge in [-0.3, -0.25) is 0 Å². The monoisotopic (exact) mass is 198 g/mol. The molecule has 2 atom stereocenters. The number of rotatable bonds is 3. The van der Waals surface area contributed by atoms with Crippen molar-refractivity contribution >= 4 is 0 Å². The van der Waals surface area contributed by atoms with Crippen molar-refractivity contribution < 1.29 is 0 Å². The van der Waals surface area contributed by atoms with Crippen molar-refractivity contribution in [2.45, 2.75) is 19.8 Å². The molecule has 0 aromatic carbocycles. The van der Waals surface area contributed by atoms with Crippen molar-refractivity contribution in [1.29, 1.82) is 0 Å². The lowest BCUT2D eigenvalue weighted by Gasteiger charge is -2.12. The van der Waals surface area contributed by atoms with E-state index in [4.69, 9.17) is 0 Å². The van der Waals surface area contributed by atoms with Crippen molar-refractivity contribution in [1.82, 2.24) is 0 Å². The topological polar surface area (TPSA) is 0 Å². The molecule has 0 heterocycles. The number of hydrogen-bond donors (Lipinski definition) is 0. The number of allylic oxidation sites excluding steroid dienone is 10. The standard InChI is InChI=1S/C15H18/c1-2-3-7-13-10-11-15(12-13)14-8-5-4-6-9-14/h2-6,8,10-14H,7,9H2,1H3/b3-2-. The molecule has 15 heavy (non-hydrogen) atoms. The zero-order chi connectivity index (χ0) is 10.5. The van der Waals surface area contributed by atoms with Gasteiger partial charge in [-0.15, -0.1) is 0 Å². The second-order valence-corrected chi connectivity index (χ2v) is 4.15. The van der Waals surface area contributed by atoms with Crippen molar-refractivity contribution in [3.8, 4) is 0 Å². The van der Waals surface area contributed by atoms with E-state index in [-0.39, 0.29) is 0 Å². The molecule has 0 radical (unpaired) electrons. The average Bonchev–Trinajstić information content (AvgIpc) is 2.76. The minimum atomic E-state index is 0.613. The minimum absolute atomic E-state index is 0.613. The molecule has 2 rings (SSSR count). The van der Waals surface area contributed by atoms with Crippen LogP contribution in [0.25, 0.3) is 0 Å². The van der Waals surface area contributed by atoms with Crippen molar-refractivity contribution in [3.05, 3.63) is 60.3 Å². The Labute approximate surface area is 92.4 Å². The van der Waals surface area contributed by atoms with Crippen LogP contribution in [-0.2, 0) is 0 Å². The van der Waals surface area contributed by atoms with Crippen molar-refractivity contribution in [2.24, 2.45) is 11.8 Å². The lowest BCUT2D eigenvalue weighted by molar-refractivity contribution is 0.773. The molecule has 0 saturated heterocycles. The first-order valence-corrected chi connectivity index (χ1v) is 5.74. The SMILES string of the molecule is C/C=C\CC1C=CC(C2C=CC=CC2)=C1. The van der Waals surface area contributed by atoms with E-state index in [1.54, 1.807) is 0 Å². The van der Waals surface area contributed by atoms with Crippen LogP contribution < -0.4 is 0 Å². The van der Waals surface area contributed by atoms with E-state index in [1.165, 1.54) is 5.57 Å². The van der Waals surface area contributed by atoms with E-state index < -0.39 is 0 Å². The molecule has 2 aliphatic rings. The zero-order valence-corrected chi connectivity index (χ0v) is 9.27. The Morgan fingerprint density at radius 1 is 1.33 bits per heavy atom. The predicted octanol–water partition coefficient (Wildman–Crippen LogP) is 4.20. The summed E-state index contributed by atoms with van der Waals surface area (Å²) in [6.45, 7) is 2.08. The zero-order valence-electron chi connectivity index (χ0n) is 9.27. The molecule has 0 aliphatic heterocycles. The highest BCUT2D eigenvalue weighted by Crippen LogP contribution is 2.29. The van der Waals surface area contributed by atoms with Crippen LogP contribution >= 0.6 is 0 Å². The van der Waals surface area contributed by atoms with Gasteiger partial charge in [0.2, 0.25) is 0 Å². The van der Waals surface area contributed by atoms with E-state index in [9.17, 15) is 0 Å². The molecular formula is C15H18. The molecule has 0 amide bonds. The van der Waals surface area contributed by atoms with Gasteiger partial charge in [-0.05, 0) is 31.3 Å². The van der Waals surface area contributed by atoms with Crippen LogP contribution in [0, 0.1) is 11.8 Å². The van der Waals surface area contributed by atoms with Gasteiger partial charge in [-0.25, -0.2) is 0 Å². The third kappa shape index (κ3) is 2.59. The minimum Gasteiger partial charge on any atom is -0.0916 e. The fraction of sp³-hybridized carbons (Fsp3) is 0.333. The maximum Gasteiger partial charge on any atom is 0.00526 e. The fourth-order valence-electron chi connectivity index (χ4n) is 2.11. The highest BCUT2D eigenvalue weighted by molar-refractivity contribution is 5.36. The van der Waals surface area contributed by atoms with Gasteiger partial charge in [-0.2, -0.15) is 0 Å². The summed E-state index contributed by atoms with van der Waals surface area (Å²) >= 11 is 0. The van der Waals surface area contributed by atoms with Crippen molar-refractivity contribution in [2.75, 3.05) is 0 Å². The van der Waals surface area contributed by atoms with E-state index in [2.05, 4.69) is 61.6 Å². The van der Waals surface area contributed by atoms with Crippen LogP contribution in [0.15, 0.2) is 60.3 Å². The first-order chi connectivity index (χ1) is 7.40. The second-order valence-electron chi connectivity index (χ2n) is 4.15. The maximum absolute atomic E-state index is 2.41. The Kier molecular flexibility index (Phi) is 3.39.